The Balaban J connectivity index is 0.000000313. The van der Waals surface area contributed by atoms with Crippen LogP contribution in [0.1, 0.15) is 56.1 Å². The molecular weight excluding hydrogens is 404 g/mol. The second-order valence-electron chi connectivity index (χ2n) is 9.21. The Labute approximate surface area is 178 Å². The number of aryl methyl sites for hydroxylation is 1. The number of Topliss-reactive ketones (excluding diaryl/α,β-unsaturated/α-hetero) is 1. The first-order valence-electron chi connectivity index (χ1n) is 11.0. The van der Waals surface area contributed by atoms with Crippen LogP contribution in [0.4, 0.5) is 0 Å². The van der Waals surface area contributed by atoms with Crippen LogP contribution >= 0.6 is 0 Å². The normalized spacial score (nSPS) is 32.9. The molecule has 1 saturated heterocycles. The van der Waals surface area contributed by atoms with Gasteiger partial charge in [-0.3, -0.25) is 9.35 Å². The van der Waals surface area contributed by atoms with Crippen molar-refractivity contribution in [2.45, 2.75) is 51.4 Å². The Kier molecular flexibility index (Phi) is 6.21. The summed E-state index contributed by atoms with van der Waals surface area (Å²) >= 11 is 0. The lowest BCUT2D eigenvalue weighted by atomic mass is 9.55. The van der Waals surface area contributed by atoms with Gasteiger partial charge in [-0.05, 0) is 73.1 Å². The SMILES string of the molecule is C1CNCCN1.C[C@]12CCC3c4ccc(OS(=O)(=O)O)cc4CCC3C1CCC2=O. The van der Waals surface area contributed by atoms with E-state index in [4.69, 9.17) is 4.55 Å². The Morgan fingerprint density at radius 3 is 2.40 bits per heavy atom. The van der Waals surface area contributed by atoms with Gasteiger partial charge in [0.15, 0.2) is 0 Å². The van der Waals surface area contributed by atoms with Crippen molar-refractivity contribution in [1.82, 2.24) is 10.6 Å². The maximum atomic E-state index is 12.3. The minimum absolute atomic E-state index is 0.132. The van der Waals surface area contributed by atoms with E-state index in [2.05, 4.69) is 21.7 Å². The highest BCUT2D eigenvalue weighted by Crippen LogP contribution is 2.59. The van der Waals surface area contributed by atoms with Gasteiger partial charge < -0.3 is 14.8 Å². The molecular formula is C22H32N2O5S. The topological polar surface area (TPSA) is 105 Å². The average Bonchev–Trinajstić information content (AvgIpc) is 3.03. The highest BCUT2D eigenvalue weighted by Gasteiger charge is 2.54. The van der Waals surface area contributed by atoms with E-state index in [-0.39, 0.29) is 11.2 Å². The second kappa shape index (κ2) is 8.57. The van der Waals surface area contributed by atoms with Crippen LogP contribution < -0.4 is 14.8 Å². The van der Waals surface area contributed by atoms with Crippen molar-refractivity contribution < 1.29 is 21.9 Å². The summed E-state index contributed by atoms with van der Waals surface area (Å²) in [6.45, 7) is 6.71. The van der Waals surface area contributed by atoms with Crippen molar-refractivity contribution in [2.75, 3.05) is 26.2 Å². The molecule has 3 fully saturated rings. The van der Waals surface area contributed by atoms with Crippen molar-refractivity contribution in [3.8, 4) is 5.75 Å². The molecule has 3 N–H and O–H groups in total. The molecule has 0 bridgehead atoms. The maximum Gasteiger partial charge on any atom is 0.446 e. The molecule has 2 saturated carbocycles. The number of rotatable bonds is 2. The van der Waals surface area contributed by atoms with E-state index in [0.29, 0.717) is 23.5 Å². The molecule has 4 atom stereocenters. The van der Waals surface area contributed by atoms with E-state index in [1.807, 2.05) is 6.07 Å². The third-order valence-electron chi connectivity index (χ3n) is 7.57. The summed E-state index contributed by atoms with van der Waals surface area (Å²) in [5.74, 6) is 2.05. The van der Waals surface area contributed by atoms with Crippen molar-refractivity contribution in [2.24, 2.45) is 17.3 Å². The number of piperazine rings is 1. The third kappa shape index (κ3) is 4.42. The van der Waals surface area contributed by atoms with E-state index in [9.17, 15) is 13.2 Å². The Morgan fingerprint density at radius 2 is 1.77 bits per heavy atom. The first kappa shape index (κ1) is 21.7. The minimum Gasteiger partial charge on any atom is -0.362 e. The fourth-order valence-electron chi connectivity index (χ4n) is 6.11. The van der Waals surface area contributed by atoms with Crippen LogP contribution in [0, 0.1) is 17.3 Å². The smallest absolute Gasteiger partial charge is 0.362 e. The summed E-state index contributed by atoms with van der Waals surface area (Å²) in [5, 5.41) is 6.44. The van der Waals surface area contributed by atoms with Crippen LogP contribution in [0.2, 0.25) is 0 Å². The fourth-order valence-corrected chi connectivity index (χ4v) is 6.45. The zero-order chi connectivity index (χ0) is 21.4. The lowest BCUT2D eigenvalue weighted by molar-refractivity contribution is -0.129. The molecule has 8 heteroatoms. The minimum atomic E-state index is -4.49. The summed E-state index contributed by atoms with van der Waals surface area (Å²) in [5.41, 5.74) is 2.23. The summed E-state index contributed by atoms with van der Waals surface area (Å²) in [7, 11) is -4.49. The molecule has 4 aliphatic rings. The zero-order valence-electron chi connectivity index (χ0n) is 17.5. The molecule has 3 aliphatic carbocycles. The number of carbonyl (C=O) groups excluding carboxylic acids is 1. The molecule has 7 nitrogen and oxygen atoms in total. The Hall–Kier alpha value is -1.48. The summed E-state index contributed by atoms with van der Waals surface area (Å²) in [6.07, 6.45) is 5.57. The maximum absolute atomic E-state index is 12.3. The molecule has 0 aromatic heterocycles. The number of fused-ring (bicyclic) bond motifs is 5. The summed E-state index contributed by atoms with van der Waals surface area (Å²) in [6, 6.07) is 5.28. The molecule has 1 aliphatic heterocycles. The largest absolute Gasteiger partial charge is 0.446 e. The van der Waals surface area contributed by atoms with E-state index in [1.54, 1.807) is 12.1 Å². The molecule has 1 aromatic carbocycles. The van der Waals surface area contributed by atoms with Gasteiger partial charge in [0.1, 0.15) is 11.5 Å². The standard InChI is InChI=1S/C18H22O5S.C4H10N2/c1-18-9-8-14-13-5-3-12(23-24(20,21)22)10-11(13)2-4-15(14)16(18)6-7-17(18)19;1-2-6-4-3-5-1/h3,5,10,14-16H,2,4,6-9H2,1H3,(H,20,21,22);5-6H,1-4H2/t14?,15?,16?,18-;/m0./s1. The van der Waals surface area contributed by atoms with Crippen LogP contribution in [0.15, 0.2) is 18.2 Å². The van der Waals surface area contributed by atoms with Gasteiger partial charge in [0.2, 0.25) is 0 Å². The van der Waals surface area contributed by atoms with Gasteiger partial charge >= 0.3 is 10.4 Å². The van der Waals surface area contributed by atoms with Crippen molar-refractivity contribution in [1.29, 1.82) is 0 Å². The second-order valence-corrected chi connectivity index (χ2v) is 10.2. The number of benzene rings is 1. The van der Waals surface area contributed by atoms with E-state index in [0.717, 1.165) is 70.3 Å². The van der Waals surface area contributed by atoms with Gasteiger partial charge in [-0.1, -0.05) is 13.0 Å². The number of carbonyl (C=O) groups is 1. The van der Waals surface area contributed by atoms with E-state index >= 15 is 0 Å². The highest BCUT2D eigenvalue weighted by atomic mass is 32.3. The van der Waals surface area contributed by atoms with Crippen LogP contribution in [0.25, 0.3) is 0 Å². The summed E-state index contributed by atoms with van der Waals surface area (Å²) < 4.78 is 35.2. The Bertz CT molecular complexity index is 887. The van der Waals surface area contributed by atoms with Gasteiger partial charge in [0.25, 0.3) is 0 Å². The van der Waals surface area contributed by atoms with Crippen molar-refractivity contribution >= 4 is 16.2 Å². The third-order valence-corrected chi connectivity index (χ3v) is 7.97. The van der Waals surface area contributed by atoms with Gasteiger partial charge in [-0.15, -0.1) is 0 Å². The predicted molar refractivity (Wildman–Crippen MR) is 114 cm³/mol. The van der Waals surface area contributed by atoms with Gasteiger partial charge in [-0.25, -0.2) is 0 Å². The van der Waals surface area contributed by atoms with Crippen LogP contribution in [0.5, 0.6) is 5.75 Å². The molecule has 5 rings (SSSR count). The number of hydrogen-bond acceptors (Lipinski definition) is 6. The number of nitrogens with one attached hydrogen (secondary N) is 2. The molecule has 1 heterocycles. The monoisotopic (exact) mass is 436 g/mol. The molecule has 0 radical (unpaired) electrons. The lowest BCUT2D eigenvalue weighted by Crippen LogP contribution is -2.42. The van der Waals surface area contributed by atoms with E-state index < -0.39 is 10.4 Å². The lowest BCUT2D eigenvalue weighted by Gasteiger charge is -2.48. The van der Waals surface area contributed by atoms with Crippen LogP contribution in [0.3, 0.4) is 0 Å². The molecule has 3 unspecified atom stereocenters. The number of hydrogen-bond donors (Lipinski definition) is 3. The molecule has 1 aromatic rings. The Morgan fingerprint density at radius 1 is 1.07 bits per heavy atom. The molecule has 166 valence electrons. The first-order chi connectivity index (χ1) is 14.3. The average molecular weight is 437 g/mol. The molecule has 30 heavy (non-hydrogen) atoms. The first-order valence-corrected chi connectivity index (χ1v) is 12.4. The van der Waals surface area contributed by atoms with Gasteiger partial charge in [0, 0.05) is 38.0 Å². The van der Waals surface area contributed by atoms with Crippen molar-refractivity contribution in [3.63, 3.8) is 0 Å². The van der Waals surface area contributed by atoms with E-state index in [1.165, 1.54) is 5.56 Å². The predicted octanol–water partition coefficient (Wildman–Crippen LogP) is 2.47. The van der Waals surface area contributed by atoms with Crippen LogP contribution in [-0.2, 0) is 21.6 Å². The summed E-state index contributed by atoms with van der Waals surface area (Å²) in [4.78, 5) is 12.3. The zero-order valence-corrected chi connectivity index (χ0v) is 18.3. The quantitative estimate of drug-likeness (QED) is 0.612. The van der Waals surface area contributed by atoms with Crippen LogP contribution in [-0.4, -0.2) is 44.9 Å². The molecule has 0 spiro atoms. The van der Waals surface area contributed by atoms with Crippen molar-refractivity contribution in [3.05, 3.63) is 29.3 Å². The van der Waals surface area contributed by atoms with Gasteiger partial charge in [-0.2, -0.15) is 8.42 Å². The number of ketones is 1. The molecule has 0 amide bonds. The fraction of sp³-hybridized carbons (Fsp3) is 0.682. The van der Waals surface area contributed by atoms with Gasteiger partial charge in [0.05, 0.1) is 0 Å². The highest BCUT2D eigenvalue weighted by molar-refractivity contribution is 7.81.